The molecule has 3 N–H and O–H groups in total. The van der Waals surface area contributed by atoms with E-state index in [1.807, 2.05) is 30.3 Å². The maximum atomic E-state index is 11.8. The van der Waals surface area contributed by atoms with Crippen molar-refractivity contribution in [2.45, 2.75) is 6.42 Å². The number of ether oxygens (including phenoxy) is 2. The average molecular weight is 461 g/mol. The highest BCUT2D eigenvalue weighted by atomic mass is 16.5. The van der Waals surface area contributed by atoms with Crippen LogP contribution in [0.2, 0.25) is 0 Å². The second-order valence-corrected chi connectivity index (χ2v) is 8.03. The number of pyridine rings is 1. The molecule has 0 fully saturated rings. The number of carbonyl (C=O) groups is 1. The smallest absolute Gasteiger partial charge is 0.269 e. The molecule has 4 rings (SSSR count). The molecule has 9 heteroatoms. The van der Waals surface area contributed by atoms with Crippen LogP contribution in [-0.4, -0.2) is 60.6 Å². The molecule has 0 saturated heterocycles. The lowest BCUT2D eigenvalue weighted by molar-refractivity contribution is 0.0958. The Kier molecular flexibility index (Phi) is 6.93. The van der Waals surface area contributed by atoms with Crippen molar-refractivity contribution in [1.82, 2.24) is 25.2 Å². The third-order valence-electron chi connectivity index (χ3n) is 5.25. The first-order valence-electron chi connectivity index (χ1n) is 10.9. The Morgan fingerprint density at radius 3 is 2.68 bits per heavy atom. The number of rotatable bonds is 9. The summed E-state index contributed by atoms with van der Waals surface area (Å²) in [6, 6.07) is 14.9. The molecule has 0 aliphatic heterocycles. The van der Waals surface area contributed by atoms with Gasteiger partial charge in [-0.1, -0.05) is 0 Å². The number of likely N-dealkylation sites (N-methyl/N-ethyl adjacent to an activating group) is 1. The summed E-state index contributed by atoms with van der Waals surface area (Å²) in [6.45, 7) is 0.926. The van der Waals surface area contributed by atoms with E-state index >= 15 is 0 Å². The molecule has 176 valence electrons. The molecule has 0 aliphatic rings. The first-order valence-corrected chi connectivity index (χ1v) is 10.9. The molecule has 0 unspecified atom stereocenters. The molecule has 0 spiro atoms. The van der Waals surface area contributed by atoms with Crippen molar-refractivity contribution in [2.24, 2.45) is 0 Å². The van der Waals surface area contributed by atoms with Crippen molar-refractivity contribution in [3.05, 3.63) is 66.0 Å². The Labute approximate surface area is 198 Å². The SMILES string of the molecule is CNC(=O)c1cc(Oc2ccc3nc(Nc4ccc(OC)c(CCN(C)C)c4)[nH]c3c2)ccn1. The molecule has 0 saturated carbocycles. The van der Waals surface area contributed by atoms with Crippen LogP contribution in [0.3, 0.4) is 0 Å². The summed E-state index contributed by atoms with van der Waals surface area (Å²) in [5.74, 6) is 2.37. The van der Waals surface area contributed by atoms with Crippen LogP contribution in [0.15, 0.2) is 54.7 Å². The summed E-state index contributed by atoms with van der Waals surface area (Å²) >= 11 is 0. The van der Waals surface area contributed by atoms with E-state index < -0.39 is 0 Å². The van der Waals surface area contributed by atoms with E-state index in [1.54, 1.807) is 26.3 Å². The largest absolute Gasteiger partial charge is 0.496 e. The number of hydrogen-bond acceptors (Lipinski definition) is 7. The van der Waals surface area contributed by atoms with Gasteiger partial charge in [0.05, 0.1) is 18.1 Å². The molecule has 0 atom stereocenters. The minimum absolute atomic E-state index is 0.270. The number of carbonyl (C=O) groups excluding carboxylic acids is 1. The average Bonchev–Trinajstić information content (AvgIpc) is 3.24. The van der Waals surface area contributed by atoms with E-state index in [9.17, 15) is 4.79 Å². The van der Waals surface area contributed by atoms with E-state index in [-0.39, 0.29) is 5.91 Å². The number of H-pyrrole nitrogens is 1. The van der Waals surface area contributed by atoms with Gasteiger partial charge in [0.2, 0.25) is 5.95 Å². The van der Waals surface area contributed by atoms with Gasteiger partial charge in [-0.15, -0.1) is 0 Å². The highest BCUT2D eigenvalue weighted by Gasteiger charge is 2.10. The summed E-state index contributed by atoms with van der Waals surface area (Å²) in [5, 5.41) is 5.89. The topological polar surface area (TPSA) is 104 Å². The summed E-state index contributed by atoms with van der Waals surface area (Å²) in [4.78, 5) is 25.9. The predicted octanol–water partition coefficient (Wildman–Crippen LogP) is 3.97. The molecule has 4 aromatic rings. The Morgan fingerprint density at radius 1 is 1.09 bits per heavy atom. The van der Waals surface area contributed by atoms with Crippen molar-refractivity contribution in [2.75, 3.05) is 40.1 Å². The first kappa shape index (κ1) is 23.1. The quantitative estimate of drug-likeness (QED) is 0.347. The zero-order chi connectivity index (χ0) is 24.1. The number of nitrogens with zero attached hydrogens (tertiary/aromatic N) is 3. The lowest BCUT2D eigenvalue weighted by atomic mass is 10.1. The van der Waals surface area contributed by atoms with Crippen LogP contribution in [0.5, 0.6) is 17.2 Å². The van der Waals surface area contributed by atoms with Gasteiger partial charge in [0.15, 0.2) is 0 Å². The molecule has 0 radical (unpaired) electrons. The standard InChI is InChI=1S/C25H28N6O3/c1-26-24(32)22-15-19(9-11-27-22)34-18-6-7-20-21(14-18)30-25(29-20)28-17-5-8-23(33-4)16(13-17)10-12-31(2)3/h5-9,11,13-15H,10,12H2,1-4H3,(H,26,32)(H2,28,29,30). The maximum absolute atomic E-state index is 11.8. The monoisotopic (exact) mass is 460 g/mol. The van der Waals surface area contributed by atoms with Crippen molar-refractivity contribution < 1.29 is 14.3 Å². The van der Waals surface area contributed by atoms with Gasteiger partial charge in [-0.3, -0.25) is 9.78 Å². The minimum Gasteiger partial charge on any atom is -0.496 e. The fourth-order valence-corrected chi connectivity index (χ4v) is 3.51. The van der Waals surface area contributed by atoms with Gasteiger partial charge in [0.25, 0.3) is 5.91 Å². The van der Waals surface area contributed by atoms with Crippen molar-refractivity contribution >= 4 is 28.6 Å². The third kappa shape index (κ3) is 5.44. The van der Waals surface area contributed by atoms with Gasteiger partial charge in [-0.25, -0.2) is 4.98 Å². The minimum atomic E-state index is -0.270. The molecule has 2 aromatic carbocycles. The maximum Gasteiger partial charge on any atom is 0.269 e. The van der Waals surface area contributed by atoms with Crippen LogP contribution in [-0.2, 0) is 6.42 Å². The molecule has 34 heavy (non-hydrogen) atoms. The first-order chi connectivity index (χ1) is 16.4. The number of hydrogen-bond donors (Lipinski definition) is 3. The van der Waals surface area contributed by atoms with Gasteiger partial charge in [0, 0.05) is 37.6 Å². The number of fused-ring (bicyclic) bond motifs is 1. The van der Waals surface area contributed by atoms with Gasteiger partial charge in [-0.05, 0) is 62.5 Å². The molecule has 1 amide bonds. The zero-order valence-electron chi connectivity index (χ0n) is 19.7. The van der Waals surface area contributed by atoms with Crippen LogP contribution < -0.4 is 20.1 Å². The number of nitrogens with one attached hydrogen (secondary N) is 3. The highest BCUT2D eigenvalue weighted by Crippen LogP contribution is 2.28. The Hall–Kier alpha value is -4.11. The summed E-state index contributed by atoms with van der Waals surface area (Å²) in [6.07, 6.45) is 2.42. The van der Waals surface area contributed by atoms with Crippen LogP contribution in [0.25, 0.3) is 11.0 Å². The van der Waals surface area contributed by atoms with E-state index in [0.29, 0.717) is 23.1 Å². The second-order valence-electron chi connectivity index (χ2n) is 8.03. The summed E-state index contributed by atoms with van der Waals surface area (Å²) < 4.78 is 11.4. The number of imidazole rings is 1. The van der Waals surface area contributed by atoms with Gasteiger partial charge in [0.1, 0.15) is 22.9 Å². The molecule has 9 nitrogen and oxygen atoms in total. The molecule has 0 bridgehead atoms. The fraction of sp³-hybridized carbons (Fsp3) is 0.240. The van der Waals surface area contributed by atoms with E-state index in [0.717, 1.165) is 41.0 Å². The Morgan fingerprint density at radius 2 is 1.91 bits per heavy atom. The normalized spacial score (nSPS) is 11.0. The number of amides is 1. The lowest BCUT2D eigenvalue weighted by Gasteiger charge is -2.14. The van der Waals surface area contributed by atoms with Crippen LogP contribution >= 0.6 is 0 Å². The number of aromatic nitrogens is 3. The Bertz CT molecular complexity index is 1300. The van der Waals surface area contributed by atoms with E-state index in [1.165, 1.54) is 6.20 Å². The highest BCUT2D eigenvalue weighted by molar-refractivity contribution is 5.92. The number of methoxy groups -OCH3 is 1. The van der Waals surface area contributed by atoms with Crippen molar-refractivity contribution in [3.8, 4) is 17.2 Å². The Balaban J connectivity index is 1.51. The molecule has 0 aliphatic carbocycles. The molecular formula is C25H28N6O3. The van der Waals surface area contributed by atoms with Gasteiger partial charge in [-0.2, -0.15) is 0 Å². The van der Waals surface area contributed by atoms with Gasteiger partial charge < -0.3 is 30.0 Å². The lowest BCUT2D eigenvalue weighted by Crippen LogP contribution is -2.18. The number of anilines is 2. The van der Waals surface area contributed by atoms with E-state index in [4.69, 9.17) is 9.47 Å². The zero-order valence-corrected chi connectivity index (χ0v) is 19.7. The summed E-state index contributed by atoms with van der Waals surface area (Å²) in [5.41, 5.74) is 3.96. The van der Waals surface area contributed by atoms with Crippen LogP contribution in [0.1, 0.15) is 16.1 Å². The van der Waals surface area contributed by atoms with Crippen LogP contribution in [0, 0.1) is 0 Å². The van der Waals surface area contributed by atoms with Crippen molar-refractivity contribution in [1.29, 1.82) is 0 Å². The van der Waals surface area contributed by atoms with Crippen molar-refractivity contribution in [3.63, 3.8) is 0 Å². The third-order valence-corrected chi connectivity index (χ3v) is 5.25. The molecular weight excluding hydrogens is 432 g/mol. The van der Waals surface area contributed by atoms with E-state index in [2.05, 4.69) is 50.6 Å². The van der Waals surface area contributed by atoms with Gasteiger partial charge >= 0.3 is 0 Å². The van der Waals surface area contributed by atoms with Crippen LogP contribution in [0.4, 0.5) is 11.6 Å². The molecule has 2 heterocycles. The summed E-state index contributed by atoms with van der Waals surface area (Å²) in [7, 11) is 7.35. The molecule has 2 aromatic heterocycles. The predicted molar refractivity (Wildman–Crippen MR) is 132 cm³/mol. The second kappa shape index (κ2) is 10.2. The fourth-order valence-electron chi connectivity index (χ4n) is 3.51. The number of aromatic amines is 1. The number of benzene rings is 2.